The maximum Gasteiger partial charge on any atom is 0.0721 e. The topological polar surface area (TPSA) is 12.5 Å². The highest BCUT2D eigenvalue weighted by Gasteiger charge is 2.29. The molecular formula is C19H27NO. The Kier molecular flexibility index (Phi) is 6.79. The van der Waals surface area contributed by atoms with Crippen LogP contribution >= 0.6 is 0 Å². The van der Waals surface area contributed by atoms with E-state index >= 15 is 0 Å². The van der Waals surface area contributed by atoms with Crippen molar-refractivity contribution in [2.45, 2.75) is 51.1 Å². The molecule has 0 saturated carbocycles. The minimum atomic E-state index is 0.368. The predicted molar refractivity (Wildman–Crippen MR) is 88.2 cm³/mol. The summed E-state index contributed by atoms with van der Waals surface area (Å²) in [4.78, 5) is 2.56. The number of ether oxygens (including phenoxy) is 1. The van der Waals surface area contributed by atoms with Crippen molar-refractivity contribution in [2.75, 3.05) is 20.3 Å². The summed E-state index contributed by atoms with van der Waals surface area (Å²) in [5.74, 6) is 6.88. The summed E-state index contributed by atoms with van der Waals surface area (Å²) in [5.41, 5.74) is 1.11. The first-order valence-electron chi connectivity index (χ1n) is 8.16. The fourth-order valence-corrected chi connectivity index (χ4v) is 3.05. The maximum absolute atomic E-state index is 5.38. The van der Waals surface area contributed by atoms with Gasteiger partial charge in [-0.25, -0.2) is 0 Å². The summed E-state index contributed by atoms with van der Waals surface area (Å²) >= 11 is 0. The van der Waals surface area contributed by atoms with Gasteiger partial charge in [0.15, 0.2) is 0 Å². The molecule has 0 unspecified atom stereocenters. The van der Waals surface area contributed by atoms with Gasteiger partial charge in [-0.3, -0.25) is 4.90 Å². The molecule has 0 aromatic heterocycles. The molecule has 1 aromatic carbocycles. The second kappa shape index (κ2) is 8.87. The fraction of sp³-hybridized carbons (Fsp3) is 0.579. The number of nitrogens with zero attached hydrogens (tertiary/aromatic N) is 1. The van der Waals surface area contributed by atoms with Gasteiger partial charge in [0, 0.05) is 18.7 Å². The van der Waals surface area contributed by atoms with E-state index in [1.807, 2.05) is 6.07 Å². The number of rotatable bonds is 6. The zero-order valence-electron chi connectivity index (χ0n) is 13.3. The van der Waals surface area contributed by atoms with Crippen molar-refractivity contribution in [1.82, 2.24) is 4.90 Å². The Morgan fingerprint density at radius 2 is 2.14 bits per heavy atom. The zero-order chi connectivity index (χ0) is 14.9. The highest BCUT2D eigenvalue weighted by molar-refractivity contribution is 5.34. The first-order chi connectivity index (χ1) is 10.3. The van der Waals surface area contributed by atoms with E-state index in [-0.39, 0.29) is 0 Å². The lowest BCUT2D eigenvalue weighted by atomic mass is 10.1. The Morgan fingerprint density at radius 1 is 1.33 bits per heavy atom. The molecule has 1 aromatic rings. The molecule has 1 aliphatic rings. The third-order valence-electron chi connectivity index (χ3n) is 4.17. The minimum absolute atomic E-state index is 0.368. The van der Waals surface area contributed by atoms with E-state index in [0.29, 0.717) is 12.1 Å². The van der Waals surface area contributed by atoms with Gasteiger partial charge >= 0.3 is 0 Å². The van der Waals surface area contributed by atoms with Gasteiger partial charge in [-0.15, -0.1) is 0 Å². The molecule has 2 heteroatoms. The Bertz CT molecular complexity index is 459. The first-order valence-corrected chi connectivity index (χ1v) is 8.16. The summed E-state index contributed by atoms with van der Waals surface area (Å²) in [5, 5.41) is 0. The number of likely N-dealkylation sites (tertiary alicyclic amines) is 1. The van der Waals surface area contributed by atoms with Crippen LogP contribution in [0.1, 0.15) is 44.6 Å². The van der Waals surface area contributed by atoms with E-state index in [1.54, 1.807) is 7.11 Å². The largest absolute Gasteiger partial charge is 0.383 e. The lowest BCUT2D eigenvalue weighted by Gasteiger charge is -2.29. The number of hydrogen-bond acceptors (Lipinski definition) is 2. The number of benzene rings is 1. The van der Waals surface area contributed by atoms with Crippen LogP contribution in [0.15, 0.2) is 30.3 Å². The van der Waals surface area contributed by atoms with E-state index in [2.05, 4.69) is 47.9 Å². The molecular weight excluding hydrogens is 258 g/mol. The van der Waals surface area contributed by atoms with Gasteiger partial charge in [-0.2, -0.15) is 0 Å². The van der Waals surface area contributed by atoms with Gasteiger partial charge in [-0.05, 0) is 37.9 Å². The van der Waals surface area contributed by atoms with E-state index in [4.69, 9.17) is 4.74 Å². The smallest absolute Gasteiger partial charge is 0.0721 e. The first kappa shape index (κ1) is 16.1. The van der Waals surface area contributed by atoms with E-state index < -0.39 is 0 Å². The molecule has 114 valence electrons. The minimum Gasteiger partial charge on any atom is -0.383 e. The number of methoxy groups -OCH3 is 1. The molecule has 0 N–H and O–H groups in total. The van der Waals surface area contributed by atoms with Gasteiger partial charge in [0.25, 0.3) is 0 Å². The van der Waals surface area contributed by atoms with Gasteiger partial charge in [0.05, 0.1) is 12.6 Å². The molecule has 1 saturated heterocycles. The molecule has 0 spiro atoms. The maximum atomic E-state index is 5.38. The van der Waals surface area contributed by atoms with Crippen LogP contribution < -0.4 is 0 Å². The predicted octanol–water partition coefficient (Wildman–Crippen LogP) is 3.71. The van der Waals surface area contributed by atoms with Crippen molar-refractivity contribution in [3.8, 4) is 11.8 Å². The molecule has 0 radical (unpaired) electrons. The summed E-state index contributed by atoms with van der Waals surface area (Å²) in [6.07, 6.45) is 6.14. The van der Waals surface area contributed by atoms with Crippen molar-refractivity contribution in [1.29, 1.82) is 0 Å². The standard InChI is InChI=1S/C19H27NO/c1-3-4-11-18(14-13-17-9-6-5-7-10-17)20-15-8-12-19(20)16-21-2/h5-7,9-10,18-19H,3-4,8,11-12,15-16H2,1-2H3/t18-,19-/m0/s1. The van der Waals surface area contributed by atoms with E-state index in [1.165, 1.54) is 25.7 Å². The van der Waals surface area contributed by atoms with Crippen LogP contribution in [0.2, 0.25) is 0 Å². The fourth-order valence-electron chi connectivity index (χ4n) is 3.05. The van der Waals surface area contributed by atoms with Gasteiger partial charge in [0.2, 0.25) is 0 Å². The molecule has 2 rings (SSSR count). The molecule has 1 heterocycles. The van der Waals surface area contributed by atoms with Crippen LogP contribution in [0.4, 0.5) is 0 Å². The van der Waals surface area contributed by atoms with E-state index in [0.717, 1.165) is 25.1 Å². The molecule has 0 bridgehead atoms. The van der Waals surface area contributed by atoms with Crippen LogP contribution in [0, 0.1) is 11.8 Å². The average Bonchev–Trinajstić information content (AvgIpc) is 2.97. The molecule has 21 heavy (non-hydrogen) atoms. The van der Waals surface area contributed by atoms with E-state index in [9.17, 15) is 0 Å². The van der Waals surface area contributed by atoms with Crippen LogP contribution in [-0.2, 0) is 4.74 Å². The Balaban J connectivity index is 2.09. The Hall–Kier alpha value is -1.30. The average molecular weight is 285 g/mol. The van der Waals surface area contributed by atoms with Gasteiger partial charge in [-0.1, -0.05) is 49.8 Å². The molecule has 1 fully saturated rings. The third-order valence-corrected chi connectivity index (χ3v) is 4.17. The van der Waals surface area contributed by atoms with Gasteiger partial charge in [0.1, 0.15) is 0 Å². The van der Waals surface area contributed by atoms with Crippen molar-refractivity contribution >= 4 is 0 Å². The van der Waals surface area contributed by atoms with Crippen LogP contribution in [0.5, 0.6) is 0 Å². The number of hydrogen-bond donors (Lipinski definition) is 0. The summed E-state index contributed by atoms with van der Waals surface area (Å²) in [6.45, 7) is 4.24. The van der Waals surface area contributed by atoms with Crippen LogP contribution in [0.25, 0.3) is 0 Å². The van der Waals surface area contributed by atoms with Crippen molar-refractivity contribution in [3.63, 3.8) is 0 Å². The van der Waals surface area contributed by atoms with Crippen molar-refractivity contribution in [2.24, 2.45) is 0 Å². The van der Waals surface area contributed by atoms with Gasteiger partial charge < -0.3 is 4.74 Å². The number of unbranched alkanes of at least 4 members (excludes halogenated alkanes) is 1. The normalized spacial score (nSPS) is 20.0. The molecule has 0 aliphatic carbocycles. The lowest BCUT2D eigenvalue weighted by molar-refractivity contribution is 0.100. The molecule has 0 amide bonds. The highest BCUT2D eigenvalue weighted by Crippen LogP contribution is 2.22. The van der Waals surface area contributed by atoms with Crippen LogP contribution in [-0.4, -0.2) is 37.2 Å². The molecule has 2 nitrogen and oxygen atoms in total. The summed E-state index contributed by atoms with van der Waals surface area (Å²) in [6, 6.07) is 11.2. The molecule has 2 atom stereocenters. The Morgan fingerprint density at radius 3 is 2.86 bits per heavy atom. The molecule has 1 aliphatic heterocycles. The zero-order valence-corrected chi connectivity index (χ0v) is 13.3. The summed E-state index contributed by atoms with van der Waals surface area (Å²) in [7, 11) is 1.80. The van der Waals surface area contributed by atoms with Crippen molar-refractivity contribution < 1.29 is 4.74 Å². The lowest BCUT2D eigenvalue weighted by Crippen LogP contribution is -2.40. The summed E-state index contributed by atoms with van der Waals surface area (Å²) < 4.78 is 5.38. The SMILES string of the molecule is CCCC[C@@H](C#Cc1ccccc1)N1CCC[C@H]1COC. The van der Waals surface area contributed by atoms with Crippen LogP contribution in [0.3, 0.4) is 0 Å². The Labute approximate surface area is 129 Å². The monoisotopic (exact) mass is 285 g/mol. The second-order valence-corrected chi connectivity index (χ2v) is 5.78. The third kappa shape index (κ3) is 4.88. The second-order valence-electron chi connectivity index (χ2n) is 5.78. The quantitative estimate of drug-likeness (QED) is 0.739. The van der Waals surface area contributed by atoms with Crippen molar-refractivity contribution in [3.05, 3.63) is 35.9 Å². The highest BCUT2D eigenvalue weighted by atomic mass is 16.5.